The van der Waals surface area contributed by atoms with Crippen LogP contribution in [0.5, 0.6) is 0 Å². The van der Waals surface area contributed by atoms with Gasteiger partial charge in [0.15, 0.2) is 0 Å². The van der Waals surface area contributed by atoms with E-state index in [0.29, 0.717) is 25.5 Å². The maximum atomic E-state index is 11.8. The van der Waals surface area contributed by atoms with Crippen LogP contribution in [0.25, 0.3) is 0 Å². The molecular weight excluding hydrogens is 254 g/mol. The molecule has 1 amide bonds. The van der Waals surface area contributed by atoms with Crippen LogP contribution in [0.4, 0.5) is 0 Å². The summed E-state index contributed by atoms with van der Waals surface area (Å²) in [7, 11) is 0. The molecular formula is C10H15N5O4. The monoisotopic (exact) mass is 269 g/mol. The maximum Gasteiger partial charge on any atom is 0.325 e. The Morgan fingerprint density at radius 3 is 3.16 bits per heavy atom. The molecule has 1 aromatic rings. The third-order valence-electron chi connectivity index (χ3n) is 2.57. The van der Waals surface area contributed by atoms with Gasteiger partial charge in [-0.3, -0.25) is 9.59 Å². The molecule has 1 aromatic heterocycles. The van der Waals surface area contributed by atoms with Crippen molar-refractivity contribution in [3.05, 3.63) is 11.9 Å². The number of hydrogen-bond acceptors (Lipinski definition) is 6. The fourth-order valence-corrected chi connectivity index (χ4v) is 1.67. The number of ether oxygens (including phenoxy) is 1. The van der Waals surface area contributed by atoms with Gasteiger partial charge < -0.3 is 20.5 Å². The molecule has 104 valence electrons. The fraction of sp³-hybridized carbons (Fsp3) is 0.600. The van der Waals surface area contributed by atoms with Gasteiger partial charge in [-0.05, 0) is 0 Å². The van der Waals surface area contributed by atoms with Crippen LogP contribution < -0.4 is 10.6 Å². The number of amides is 1. The van der Waals surface area contributed by atoms with E-state index < -0.39 is 5.97 Å². The minimum absolute atomic E-state index is 0.174. The van der Waals surface area contributed by atoms with Crippen molar-refractivity contribution in [1.82, 2.24) is 25.6 Å². The van der Waals surface area contributed by atoms with E-state index in [9.17, 15) is 9.59 Å². The summed E-state index contributed by atoms with van der Waals surface area (Å²) in [6.07, 6.45) is 1.49. The molecule has 0 aromatic carbocycles. The normalized spacial score (nSPS) is 19.1. The van der Waals surface area contributed by atoms with Gasteiger partial charge in [0.25, 0.3) is 0 Å². The number of morpholine rings is 1. The van der Waals surface area contributed by atoms with Gasteiger partial charge in [-0.15, -0.1) is 5.10 Å². The van der Waals surface area contributed by atoms with Crippen molar-refractivity contribution in [3.63, 3.8) is 0 Å². The van der Waals surface area contributed by atoms with Crippen molar-refractivity contribution < 1.29 is 19.4 Å². The highest BCUT2D eigenvalue weighted by Crippen LogP contribution is 1.96. The quantitative estimate of drug-likeness (QED) is 0.564. The Balaban J connectivity index is 1.79. The molecule has 9 nitrogen and oxygen atoms in total. The highest BCUT2D eigenvalue weighted by Gasteiger charge is 2.20. The van der Waals surface area contributed by atoms with Gasteiger partial charge in [-0.2, -0.15) is 0 Å². The zero-order valence-electron chi connectivity index (χ0n) is 10.2. The van der Waals surface area contributed by atoms with Crippen LogP contribution in [-0.4, -0.2) is 57.8 Å². The number of carbonyl (C=O) groups excluding carboxylic acids is 1. The molecule has 0 radical (unpaired) electrons. The van der Waals surface area contributed by atoms with Crippen molar-refractivity contribution >= 4 is 11.9 Å². The molecule has 0 saturated carbocycles. The average molecular weight is 269 g/mol. The first-order chi connectivity index (χ1) is 9.15. The zero-order chi connectivity index (χ0) is 13.7. The molecule has 1 aliphatic rings. The van der Waals surface area contributed by atoms with E-state index in [1.807, 2.05) is 0 Å². The van der Waals surface area contributed by atoms with Crippen LogP contribution in [0.2, 0.25) is 0 Å². The van der Waals surface area contributed by atoms with Gasteiger partial charge in [0, 0.05) is 6.54 Å². The average Bonchev–Trinajstić information content (AvgIpc) is 2.84. The summed E-state index contributed by atoms with van der Waals surface area (Å²) in [6.45, 7) is 1.55. The second kappa shape index (κ2) is 6.25. The first kappa shape index (κ1) is 13.4. The van der Waals surface area contributed by atoms with Crippen LogP contribution in [-0.2, 0) is 27.4 Å². The Morgan fingerprint density at radius 2 is 2.47 bits per heavy atom. The number of aliphatic carboxylic acids is 1. The number of carbonyl (C=O) groups is 2. The van der Waals surface area contributed by atoms with Gasteiger partial charge in [-0.1, -0.05) is 5.21 Å². The predicted molar refractivity (Wildman–Crippen MR) is 62.1 cm³/mol. The molecule has 19 heavy (non-hydrogen) atoms. The Labute approximate surface area is 108 Å². The summed E-state index contributed by atoms with van der Waals surface area (Å²) in [5, 5.41) is 21.7. The van der Waals surface area contributed by atoms with E-state index in [2.05, 4.69) is 20.9 Å². The first-order valence-corrected chi connectivity index (χ1v) is 5.85. The van der Waals surface area contributed by atoms with E-state index in [-0.39, 0.29) is 25.0 Å². The number of rotatable bonds is 5. The van der Waals surface area contributed by atoms with E-state index >= 15 is 0 Å². The predicted octanol–water partition coefficient (Wildman–Crippen LogP) is -2.03. The van der Waals surface area contributed by atoms with Gasteiger partial charge >= 0.3 is 5.97 Å². The number of carboxylic acids is 1. The first-order valence-electron chi connectivity index (χ1n) is 5.85. The molecule has 1 saturated heterocycles. The molecule has 0 aliphatic carbocycles. The number of nitrogens with one attached hydrogen (secondary N) is 2. The van der Waals surface area contributed by atoms with Gasteiger partial charge in [-0.25, -0.2) is 4.68 Å². The van der Waals surface area contributed by atoms with Gasteiger partial charge in [0.05, 0.1) is 26.0 Å². The topological polar surface area (TPSA) is 118 Å². The molecule has 9 heteroatoms. The molecule has 1 aliphatic heterocycles. The lowest BCUT2D eigenvalue weighted by Gasteiger charge is -2.22. The van der Waals surface area contributed by atoms with Gasteiger partial charge in [0.2, 0.25) is 5.91 Å². The lowest BCUT2D eigenvalue weighted by atomic mass is 10.2. The second-order valence-corrected chi connectivity index (χ2v) is 4.10. The Hall–Kier alpha value is -2.00. The van der Waals surface area contributed by atoms with Crippen molar-refractivity contribution in [2.45, 2.75) is 19.1 Å². The maximum absolute atomic E-state index is 11.8. The lowest BCUT2D eigenvalue weighted by molar-refractivity contribution is -0.138. The highest BCUT2D eigenvalue weighted by atomic mass is 16.5. The third-order valence-corrected chi connectivity index (χ3v) is 2.57. The van der Waals surface area contributed by atoms with E-state index in [0.717, 1.165) is 0 Å². The summed E-state index contributed by atoms with van der Waals surface area (Å²) >= 11 is 0. The molecule has 0 spiro atoms. The zero-order valence-corrected chi connectivity index (χ0v) is 10.2. The van der Waals surface area contributed by atoms with Gasteiger partial charge in [0.1, 0.15) is 18.3 Å². The molecule has 3 N–H and O–H groups in total. The van der Waals surface area contributed by atoms with E-state index in [1.54, 1.807) is 0 Å². The van der Waals surface area contributed by atoms with E-state index in [4.69, 9.17) is 9.84 Å². The highest BCUT2D eigenvalue weighted by molar-refractivity contribution is 5.81. The number of nitrogens with zero attached hydrogens (tertiary/aromatic N) is 3. The van der Waals surface area contributed by atoms with E-state index in [1.165, 1.54) is 10.9 Å². The summed E-state index contributed by atoms with van der Waals surface area (Å²) in [4.78, 5) is 22.2. The summed E-state index contributed by atoms with van der Waals surface area (Å²) in [6, 6.07) is -0.359. The van der Waals surface area contributed by atoms with Crippen LogP contribution in [0.1, 0.15) is 5.69 Å². The SMILES string of the molecule is O=C(O)Cn1cc(CNC(=O)C2COCCN2)nn1. The Morgan fingerprint density at radius 1 is 1.63 bits per heavy atom. The largest absolute Gasteiger partial charge is 0.480 e. The second-order valence-electron chi connectivity index (χ2n) is 4.10. The standard InChI is InChI=1S/C10H15N5O4/c16-9(17)5-15-4-7(13-14-15)3-12-10(18)8-6-19-2-1-11-8/h4,8,11H,1-3,5-6H2,(H,12,18)(H,16,17). The smallest absolute Gasteiger partial charge is 0.325 e. The number of carboxylic acid groups (broad SMARTS) is 1. The van der Waals surface area contributed by atoms with Crippen LogP contribution >= 0.6 is 0 Å². The molecule has 1 unspecified atom stereocenters. The van der Waals surface area contributed by atoms with Crippen molar-refractivity contribution in [2.24, 2.45) is 0 Å². The van der Waals surface area contributed by atoms with Crippen molar-refractivity contribution in [2.75, 3.05) is 19.8 Å². The molecule has 1 fully saturated rings. The molecule has 2 rings (SSSR count). The van der Waals surface area contributed by atoms with Crippen LogP contribution in [0.15, 0.2) is 6.20 Å². The third kappa shape index (κ3) is 4.00. The molecule has 0 bridgehead atoms. The summed E-state index contributed by atoms with van der Waals surface area (Å²) in [5.41, 5.74) is 0.506. The minimum atomic E-state index is -0.996. The van der Waals surface area contributed by atoms with Crippen molar-refractivity contribution in [1.29, 1.82) is 0 Å². The Bertz CT molecular complexity index is 455. The molecule has 1 atom stereocenters. The van der Waals surface area contributed by atoms with Crippen LogP contribution in [0.3, 0.4) is 0 Å². The van der Waals surface area contributed by atoms with Crippen molar-refractivity contribution in [3.8, 4) is 0 Å². The molecule has 2 heterocycles. The number of hydrogen-bond donors (Lipinski definition) is 3. The number of aromatic nitrogens is 3. The summed E-state index contributed by atoms with van der Waals surface area (Å²) < 4.78 is 6.38. The summed E-state index contributed by atoms with van der Waals surface area (Å²) in [5.74, 6) is -1.17. The fourth-order valence-electron chi connectivity index (χ4n) is 1.67. The minimum Gasteiger partial charge on any atom is -0.480 e. The Kier molecular flexibility index (Phi) is 4.42. The van der Waals surface area contributed by atoms with Crippen LogP contribution in [0, 0.1) is 0 Å². The lowest BCUT2D eigenvalue weighted by Crippen LogP contribution is -2.51.